The van der Waals surface area contributed by atoms with Gasteiger partial charge in [-0.3, -0.25) is 14.4 Å². The van der Waals surface area contributed by atoms with Crippen LogP contribution in [0, 0.1) is 5.92 Å². The highest BCUT2D eigenvalue weighted by atomic mass is 19.4. The number of halogens is 3. The molecule has 0 radical (unpaired) electrons. The van der Waals surface area contributed by atoms with Gasteiger partial charge in [0.15, 0.2) is 5.76 Å². The molecule has 31 heavy (non-hydrogen) atoms. The average Bonchev–Trinajstić information content (AvgIpc) is 3.24. The van der Waals surface area contributed by atoms with E-state index in [4.69, 9.17) is 4.42 Å². The molecule has 0 spiro atoms. The Balaban J connectivity index is 2.10. The zero-order chi connectivity index (χ0) is 23.2. The molecule has 0 fully saturated rings. The number of carbonyl (C=O) groups excluding carboxylic acids is 3. The Kier molecular flexibility index (Phi) is 7.84. The minimum atomic E-state index is -4.64. The minimum Gasteiger partial charge on any atom is -0.459 e. The number of rotatable bonds is 8. The van der Waals surface area contributed by atoms with Gasteiger partial charge in [-0.2, -0.15) is 13.2 Å². The van der Waals surface area contributed by atoms with E-state index >= 15 is 0 Å². The van der Waals surface area contributed by atoms with Crippen LogP contribution in [0.25, 0.3) is 0 Å². The summed E-state index contributed by atoms with van der Waals surface area (Å²) in [5.74, 6) is -2.18. The van der Waals surface area contributed by atoms with Gasteiger partial charge < -0.3 is 20.0 Å². The van der Waals surface area contributed by atoms with Gasteiger partial charge in [-0.25, -0.2) is 0 Å². The van der Waals surface area contributed by atoms with Gasteiger partial charge in [0, 0.05) is 6.54 Å². The van der Waals surface area contributed by atoms with Gasteiger partial charge in [0.25, 0.3) is 5.91 Å². The molecule has 1 aromatic carbocycles. The van der Waals surface area contributed by atoms with Gasteiger partial charge in [-0.1, -0.05) is 26.0 Å². The highest BCUT2D eigenvalue weighted by molar-refractivity contribution is 5.98. The van der Waals surface area contributed by atoms with E-state index in [2.05, 4.69) is 10.6 Å². The first-order chi connectivity index (χ1) is 14.5. The van der Waals surface area contributed by atoms with Crippen molar-refractivity contribution in [2.24, 2.45) is 5.92 Å². The van der Waals surface area contributed by atoms with Crippen LogP contribution in [0.5, 0.6) is 0 Å². The molecule has 168 valence electrons. The third-order valence-electron chi connectivity index (χ3n) is 4.50. The minimum absolute atomic E-state index is 0.0306. The lowest BCUT2D eigenvalue weighted by atomic mass is 10.0. The van der Waals surface area contributed by atoms with E-state index in [1.165, 1.54) is 35.4 Å². The predicted octanol–water partition coefficient (Wildman–Crippen LogP) is 3.54. The Morgan fingerprint density at radius 2 is 1.77 bits per heavy atom. The van der Waals surface area contributed by atoms with E-state index in [1.807, 2.05) is 0 Å². The molecule has 1 atom stereocenters. The van der Waals surface area contributed by atoms with E-state index in [0.29, 0.717) is 0 Å². The summed E-state index contributed by atoms with van der Waals surface area (Å²) >= 11 is 0. The van der Waals surface area contributed by atoms with Crippen molar-refractivity contribution in [3.8, 4) is 0 Å². The molecule has 0 saturated heterocycles. The fourth-order valence-electron chi connectivity index (χ4n) is 2.88. The normalized spacial score (nSPS) is 12.4. The summed E-state index contributed by atoms with van der Waals surface area (Å²) in [6.07, 6.45) is -3.31. The predicted molar refractivity (Wildman–Crippen MR) is 107 cm³/mol. The molecule has 0 aliphatic rings. The Bertz CT molecular complexity index is 911. The highest BCUT2D eigenvalue weighted by Crippen LogP contribution is 2.34. The summed E-state index contributed by atoms with van der Waals surface area (Å²) in [4.78, 5) is 38.8. The van der Waals surface area contributed by atoms with Crippen LogP contribution >= 0.6 is 0 Å². The van der Waals surface area contributed by atoms with Gasteiger partial charge >= 0.3 is 6.18 Å². The van der Waals surface area contributed by atoms with Crippen LogP contribution in [0.4, 0.5) is 18.9 Å². The Labute approximate surface area is 177 Å². The molecular weight excluding hydrogens is 415 g/mol. The lowest BCUT2D eigenvalue weighted by Gasteiger charge is -2.28. The number of carbonyl (C=O) groups is 3. The number of hydrogen-bond donors (Lipinski definition) is 2. The lowest BCUT2D eigenvalue weighted by molar-refractivity contribution is -0.138. The number of furan rings is 1. The number of alkyl halides is 3. The fraction of sp³-hybridized carbons (Fsp3) is 0.381. The summed E-state index contributed by atoms with van der Waals surface area (Å²) in [7, 11) is 0. The number of amides is 3. The Morgan fingerprint density at radius 1 is 1.10 bits per heavy atom. The van der Waals surface area contributed by atoms with Crippen molar-refractivity contribution >= 4 is 23.4 Å². The van der Waals surface area contributed by atoms with Crippen molar-refractivity contribution in [3.63, 3.8) is 0 Å². The summed E-state index contributed by atoms with van der Waals surface area (Å²) in [6, 6.07) is 6.61. The van der Waals surface area contributed by atoms with E-state index in [1.54, 1.807) is 20.8 Å². The molecule has 1 unspecified atom stereocenters. The Morgan fingerprint density at radius 3 is 2.32 bits per heavy atom. The van der Waals surface area contributed by atoms with E-state index < -0.39 is 47.7 Å². The first-order valence-electron chi connectivity index (χ1n) is 9.63. The third kappa shape index (κ3) is 6.34. The number of likely N-dealkylation sites (N-methyl/N-ethyl adjacent to an activating group) is 1. The smallest absolute Gasteiger partial charge is 0.418 e. The summed E-state index contributed by atoms with van der Waals surface area (Å²) in [5, 5.41) is 4.79. The fourth-order valence-corrected chi connectivity index (χ4v) is 2.88. The second kappa shape index (κ2) is 10.1. The SMILES string of the molecule is CCN(CC(=O)Nc1ccccc1C(F)(F)F)C(=O)C(NC(=O)c1ccco1)C(C)C. The van der Waals surface area contributed by atoms with Crippen molar-refractivity contribution in [1.29, 1.82) is 0 Å². The van der Waals surface area contributed by atoms with Gasteiger partial charge in [0.1, 0.15) is 6.04 Å². The molecule has 0 aliphatic heterocycles. The molecule has 0 saturated carbocycles. The number of anilines is 1. The van der Waals surface area contributed by atoms with Crippen molar-refractivity contribution in [1.82, 2.24) is 10.2 Å². The summed E-state index contributed by atoms with van der Waals surface area (Å²) in [5.41, 5.74) is -1.38. The Hall–Kier alpha value is -3.30. The van der Waals surface area contributed by atoms with E-state index in [0.717, 1.165) is 12.1 Å². The van der Waals surface area contributed by atoms with Crippen molar-refractivity contribution in [3.05, 3.63) is 54.0 Å². The molecule has 2 N–H and O–H groups in total. The largest absolute Gasteiger partial charge is 0.459 e. The second-order valence-electron chi connectivity index (χ2n) is 7.12. The lowest BCUT2D eigenvalue weighted by Crippen LogP contribution is -2.52. The topological polar surface area (TPSA) is 91.7 Å². The number of nitrogens with one attached hydrogen (secondary N) is 2. The quantitative estimate of drug-likeness (QED) is 0.658. The molecule has 1 heterocycles. The molecule has 10 heteroatoms. The maximum absolute atomic E-state index is 13.1. The number of benzene rings is 1. The monoisotopic (exact) mass is 439 g/mol. The summed E-state index contributed by atoms with van der Waals surface area (Å²) < 4.78 is 44.4. The highest BCUT2D eigenvalue weighted by Gasteiger charge is 2.34. The first kappa shape index (κ1) is 24.0. The molecule has 3 amide bonds. The van der Waals surface area contributed by atoms with Crippen LogP contribution in [0.15, 0.2) is 47.1 Å². The molecule has 1 aromatic heterocycles. The maximum Gasteiger partial charge on any atom is 0.418 e. The van der Waals surface area contributed by atoms with Gasteiger partial charge in [-0.15, -0.1) is 0 Å². The van der Waals surface area contributed by atoms with Crippen LogP contribution in [0.3, 0.4) is 0 Å². The van der Waals surface area contributed by atoms with Crippen LogP contribution in [-0.4, -0.2) is 41.8 Å². The van der Waals surface area contributed by atoms with Crippen LogP contribution < -0.4 is 10.6 Å². The van der Waals surface area contributed by atoms with E-state index in [-0.39, 0.29) is 18.2 Å². The molecule has 2 aromatic rings. The standard InChI is InChI=1S/C21H24F3N3O4/c1-4-27(12-17(28)25-15-9-6-5-8-14(15)21(22,23)24)20(30)18(13(2)3)26-19(29)16-10-7-11-31-16/h5-11,13,18H,4,12H2,1-3H3,(H,25,28)(H,26,29). The van der Waals surface area contributed by atoms with Crippen molar-refractivity contribution < 1.29 is 32.0 Å². The molecule has 0 aliphatic carbocycles. The maximum atomic E-state index is 13.1. The zero-order valence-corrected chi connectivity index (χ0v) is 17.3. The molecular formula is C21H24F3N3O4. The van der Waals surface area contributed by atoms with Crippen LogP contribution in [0.2, 0.25) is 0 Å². The zero-order valence-electron chi connectivity index (χ0n) is 17.3. The average molecular weight is 439 g/mol. The number of nitrogens with zero attached hydrogens (tertiary/aromatic N) is 1. The van der Waals surface area contributed by atoms with Crippen molar-refractivity contribution in [2.45, 2.75) is 33.0 Å². The van der Waals surface area contributed by atoms with E-state index in [9.17, 15) is 27.6 Å². The number of hydrogen-bond acceptors (Lipinski definition) is 4. The second-order valence-corrected chi connectivity index (χ2v) is 7.12. The number of para-hydroxylation sites is 1. The third-order valence-corrected chi connectivity index (χ3v) is 4.50. The molecule has 2 rings (SSSR count). The van der Waals surface area contributed by atoms with Crippen LogP contribution in [-0.2, 0) is 15.8 Å². The van der Waals surface area contributed by atoms with Gasteiger partial charge in [0.2, 0.25) is 11.8 Å². The first-order valence-corrected chi connectivity index (χ1v) is 9.63. The van der Waals surface area contributed by atoms with Gasteiger partial charge in [0.05, 0.1) is 24.1 Å². The molecule has 7 nitrogen and oxygen atoms in total. The molecule has 0 bridgehead atoms. The van der Waals surface area contributed by atoms with Crippen LogP contribution in [0.1, 0.15) is 36.9 Å². The van der Waals surface area contributed by atoms with Gasteiger partial charge in [-0.05, 0) is 37.1 Å². The summed E-state index contributed by atoms with van der Waals surface area (Å²) in [6.45, 7) is 4.71. The van der Waals surface area contributed by atoms with Crippen molar-refractivity contribution in [2.75, 3.05) is 18.4 Å².